The van der Waals surface area contributed by atoms with Gasteiger partial charge in [0.25, 0.3) is 0 Å². The monoisotopic (exact) mass is 905 g/mol. The molecule has 0 saturated heterocycles. The summed E-state index contributed by atoms with van der Waals surface area (Å²) < 4.78 is 11.5. The molecule has 1 amide bonds. The molecule has 0 aliphatic carbocycles. The van der Waals surface area contributed by atoms with E-state index < -0.39 is 0 Å². The van der Waals surface area contributed by atoms with Crippen LogP contribution in [-0.2, 0) is 23.9 Å². The summed E-state index contributed by atoms with van der Waals surface area (Å²) in [6.07, 6.45) is 46.7. The molecule has 7 heteroatoms. The maximum Gasteiger partial charge on any atom is 0.305 e. The number of unbranched alkanes of at least 4 members (excludes halogenated alkanes) is 23. The van der Waals surface area contributed by atoms with Crippen molar-refractivity contribution in [3.63, 3.8) is 0 Å². The standard InChI is InChI=1S/C57H112N2O5/c1-8-13-18-20-26-31-37-48-59(49-38-47-58(7)52(6)60)55(43-33-27-22-21-23-29-35-45-56(61)63-50-53(39-15-10-3)40-16-11-4)44-34-28-24-25-30-36-46-57(62)64-51-54(41-17-12-5)42-32-19-14-9-2/h53-55H,8-51H2,1-7H3. The number of hydrogen-bond acceptors (Lipinski definition) is 6. The fourth-order valence-corrected chi connectivity index (χ4v) is 9.34. The number of nitrogens with zero attached hydrogens (tertiary/aromatic N) is 2. The third-order valence-corrected chi connectivity index (χ3v) is 14.0. The summed E-state index contributed by atoms with van der Waals surface area (Å²) in [6, 6.07) is 0.611. The van der Waals surface area contributed by atoms with E-state index in [1.807, 2.05) is 11.9 Å². The Morgan fingerprint density at radius 2 is 0.703 bits per heavy atom. The maximum absolute atomic E-state index is 12.6. The summed E-state index contributed by atoms with van der Waals surface area (Å²) in [4.78, 5) is 41.8. The lowest BCUT2D eigenvalue weighted by atomic mass is 9.96. The van der Waals surface area contributed by atoms with Crippen molar-refractivity contribution in [2.24, 2.45) is 11.8 Å². The first-order chi connectivity index (χ1) is 31.2. The highest BCUT2D eigenvalue weighted by molar-refractivity contribution is 5.72. The Labute approximate surface area is 399 Å². The molecule has 0 aromatic carbocycles. The van der Waals surface area contributed by atoms with Crippen LogP contribution in [0.5, 0.6) is 0 Å². The van der Waals surface area contributed by atoms with Crippen LogP contribution in [0, 0.1) is 11.8 Å². The molecule has 64 heavy (non-hydrogen) atoms. The molecule has 0 saturated carbocycles. The highest BCUT2D eigenvalue weighted by atomic mass is 16.5. The SMILES string of the molecule is CCCCCCCCCN(CCCN(C)C(C)=O)C(CCCCCCCCCC(=O)OCC(CCCC)CCCC)CCCCCCCCC(=O)OCC(CCCC)CCCCCC. The van der Waals surface area contributed by atoms with E-state index in [1.165, 1.54) is 212 Å². The van der Waals surface area contributed by atoms with Crippen molar-refractivity contribution in [3.8, 4) is 0 Å². The van der Waals surface area contributed by atoms with Crippen LogP contribution in [0.3, 0.4) is 0 Å². The second-order valence-electron chi connectivity index (χ2n) is 20.2. The molecule has 0 spiro atoms. The van der Waals surface area contributed by atoms with Gasteiger partial charge < -0.3 is 19.3 Å². The first-order valence-corrected chi connectivity index (χ1v) is 28.5. The minimum atomic E-state index is 0.00433. The Bertz CT molecular complexity index is 1010. The van der Waals surface area contributed by atoms with Gasteiger partial charge in [-0.15, -0.1) is 0 Å². The van der Waals surface area contributed by atoms with Crippen LogP contribution in [-0.4, -0.2) is 73.6 Å². The van der Waals surface area contributed by atoms with Crippen molar-refractivity contribution in [1.29, 1.82) is 0 Å². The molecule has 7 nitrogen and oxygen atoms in total. The summed E-state index contributed by atoms with van der Waals surface area (Å²) in [5, 5.41) is 0. The Hall–Kier alpha value is -1.63. The number of rotatable bonds is 50. The molecule has 0 aliphatic rings. The highest BCUT2D eigenvalue weighted by Gasteiger charge is 2.19. The van der Waals surface area contributed by atoms with Gasteiger partial charge in [0, 0.05) is 45.9 Å². The number of ether oxygens (including phenoxy) is 2. The van der Waals surface area contributed by atoms with Crippen molar-refractivity contribution in [2.45, 2.75) is 298 Å². The predicted octanol–water partition coefficient (Wildman–Crippen LogP) is 16.8. The first-order valence-electron chi connectivity index (χ1n) is 28.5. The highest BCUT2D eigenvalue weighted by Crippen LogP contribution is 2.23. The molecule has 2 unspecified atom stereocenters. The van der Waals surface area contributed by atoms with Gasteiger partial charge in [0.1, 0.15) is 0 Å². The zero-order valence-corrected chi connectivity index (χ0v) is 44.3. The van der Waals surface area contributed by atoms with E-state index in [0.717, 1.165) is 45.2 Å². The van der Waals surface area contributed by atoms with E-state index in [2.05, 4.69) is 39.5 Å². The molecule has 380 valence electrons. The van der Waals surface area contributed by atoms with Crippen LogP contribution >= 0.6 is 0 Å². The van der Waals surface area contributed by atoms with E-state index in [9.17, 15) is 14.4 Å². The molecule has 0 aromatic rings. The summed E-state index contributed by atoms with van der Waals surface area (Å²) in [6.45, 7) is 17.3. The van der Waals surface area contributed by atoms with E-state index >= 15 is 0 Å². The number of amides is 1. The quantitative estimate of drug-likeness (QED) is 0.0447. The lowest BCUT2D eigenvalue weighted by molar-refractivity contribution is -0.146. The van der Waals surface area contributed by atoms with Gasteiger partial charge in [-0.05, 0) is 82.6 Å². The Balaban J connectivity index is 4.93. The van der Waals surface area contributed by atoms with Crippen LogP contribution in [0.25, 0.3) is 0 Å². The van der Waals surface area contributed by atoms with Gasteiger partial charge in [0.2, 0.25) is 5.91 Å². The zero-order valence-electron chi connectivity index (χ0n) is 44.3. The van der Waals surface area contributed by atoms with Crippen LogP contribution in [0.1, 0.15) is 292 Å². The number of carbonyl (C=O) groups excluding carboxylic acids is 3. The number of carbonyl (C=O) groups is 3. The molecular formula is C57H112N2O5. The fourth-order valence-electron chi connectivity index (χ4n) is 9.34. The lowest BCUT2D eigenvalue weighted by Crippen LogP contribution is -2.38. The van der Waals surface area contributed by atoms with Crippen LogP contribution in [0.15, 0.2) is 0 Å². The molecule has 0 radical (unpaired) electrons. The van der Waals surface area contributed by atoms with Crippen molar-refractivity contribution in [3.05, 3.63) is 0 Å². The first kappa shape index (κ1) is 62.4. The maximum atomic E-state index is 12.6. The fraction of sp³-hybridized carbons (Fsp3) is 0.947. The molecule has 0 rings (SSSR count). The molecule has 2 atom stereocenters. The lowest BCUT2D eigenvalue weighted by Gasteiger charge is -2.33. The van der Waals surface area contributed by atoms with E-state index in [0.29, 0.717) is 43.9 Å². The number of hydrogen-bond donors (Lipinski definition) is 0. The number of esters is 2. The van der Waals surface area contributed by atoms with Gasteiger partial charge in [0.05, 0.1) is 13.2 Å². The van der Waals surface area contributed by atoms with Gasteiger partial charge in [-0.1, -0.05) is 208 Å². The zero-order chi connectivity index (χ0) is 47.1. The largest absolute Gasteiger partial charge is 0.465 e. The second kappa shape index (κ2) is 47.8. The van der Waals surface area contributed by atoms with E-state index in [-0.39, 0.29) is 17.8 Å². The smallest absolute Gasteiger partial charge is 0.305 e. The molecule has 0 aromatic heterocycles. The van der Waals surface area contributed by atoms with Gasteiger partial charge in [0.15, 0.2) is 0 Å². The molecule has 0 aliphatic heterocycles. The average Bonchev–Trinajstić information content (AvgIpc) is 3.29. The predicted molar refractivity (Wildman–Crippen MR) is 276 cm³/mol. The third-order valence-electron chi connectivity index (χ3n) is 14.0. The van der Waals surface area contributed by atoms with Gasteiger partial charge in [-0.25, -0.2) is 0 Å². The normalized spacial score (nSPS) is 12.6. The minimum absolute atomic E-state index is 0.00433. The molecule has 0 heterocycles. The Kier molecular flexibility index (Phi) is 46.6. The summed E-state index contributed by atoms with van der Waals surface area (Å²) in [5.41, 5.74) is 0. The van der Waals surface area contributed by atoms with E-state index in [4.69, 9.17) is 9.47 Å². The van der Waals surface area contributed by atoms with Crippen molar-refractivity contribution in [2.75, 3.05) is 39.9 Å². The Morgan fingerprint density at radius 3 is 1.12 bits per heavy atom. The van der Waals surface area contributed by atoms with E-state index in [1.54, 1.807) is 6.92 Å². The summed E-state index contributed by atoms with van der Waals surface area (Å²) >= 11 is 0. The van der Waals surface area contributed by atoms with Crippen LogP contribution < -0.4 is 0 Å². The minimum Gasteiger partial charge on any atom is -0.465 e. The summed E-state index contributed by atoms with van der Waals surface area (Å²) in [5.74, 6) is 1.24. The second-order valence-corrected chi connectivity index (χ2v) is 20.2. The van der Waals surface area contributed by atoms with Crippen molar-refractivity contribution in [1.82, 2.24) is 9.80 Å². The van der Waals surface area contributed by atoms with Crippen LogP contribution in [0.4, 0.5) is 0 Å². The van der Waals surface area contributed by atoms with Gasteiger partial charge in [-0.2, -0.15) is 0 Å². The van der Waals surface area contributed by atoms with Crippen molar-refractivity contribution < 1.29 is 23.9 Å². The Morgan fingerprint density at radius 1 is 0.375 bits per heavy atom. The molecule has 0 fully saturated rings. The third kappa shape index (κ3) is 40.6. The molecular weight excluding hydrogens is 793 g/mol. The van der Waals surface area contributed by atoms with Crippen LogP contribution in [0.2, 0.25) is 0 Å². The molecule has 0 N–H and O–H groups in total. The molecule has 0 bridgehead atoms. The summed E-state index contributed by atoms with van der Waals surface area (Å²) in [7, 11) is 1.94. The van der Waals surface area contributed by atoms with Gasteiger partial charge >= 0.3 is 11.9 Å². The van der Waals surface area contributed by atoms with Crippen molar-refractivity contribution >= 4 is 17.8 Å². The topological polar surface area (TPSA) is 76.2 Å². The average molecular weight is 906 g/mol. The van der Waals surface area contributed by atoms with Gasteiger partial charge in [-0.3, -0.25) is 14.4 Å².